The van der Waals surface area contributed by atoms with E-state index in [1.54, 1.807) is 24.3 Å². The van der Waals surface area contributed by atoms with Crippen LogP contribution in [0.5, 0.6) is 17.2 Å². The number of fused-ring (bicyclic) bond motifs is 1. The summed E-state index contributed by atoms with van der Waals surface area (Å²) in [6.07, 6.45) is 0.756. The molecular weight excluding hydrogens is 414 g/mol. The van der Waals surface area contributed by atoms with Crippen LogP contribution in [0, 0.1) is 0 Å². The SMILES string of the molecule is CCC(C)NC(=O)Cn1c(=O)n(-c2cc(OC)c(OC)c(OC)c2)c(=O)c2ccccc21. The molecule has 9 heteroatoms. The maximum absolute atomic E-state index is 13.5. The molecule has 0 saturated heterocycles. The molecule has 0 bridgehead atoms. The van der Waals surface area contributed by atoms with Crippen molar-refractivity contribution in [3.63, 3.8) is 0 Å². The fraction of sp³-hybridized carbons (Fsp3) is 0.348. The van der Waals surface area contributed by atoms with Crippen molar-refractivity contribution in [1.82, 2.24) is 14.5 Å². The Morgan fingerprint density at radius 2 is 1.66 bits per heavy atom. The van der Waals surface area contributed by atoms with Crippen molar-refractivity contribution in [2.75, 3.05) is 21.3 Å². The van der Waals surface area contributed by atoms with E-state index in [1.807, 2.05) is 13.8 Å². The molecule has 1 heterocycles. The van der Waals surface area contributed by atoms with Crippen molar-refractivity contribution < 1.29 is 19.0 Å². The Balaban J connectivity index is 2.29. The average Bonchev–Trinajstić information content (AvgIpc) is 2.80. The van der Waals surface area contributed by atoms with Crippen LogP contribution in [-0.4, -0.2) is 42.4 Å². The second-order valence-corrected chi connectivity index (χ2v) is 7.29. The van der Waals surface area contributed by atoms with E-state index in [0.29, 0.717) is 28.2 Å². The first kappa shape index (κ1) is 22.9. The van der Waals surface area contributed by atoms with E-state index < -0.39 is 11.2 Å². The largest absolute Gasteiger partial charge is 0.493 e. The molecule has 0 aliphatic carbocycles. The van der Waals surface area contributed by atoms with Crippen molar-refractivity contribution in [3.8, 4) is 22.9 Å². The van der Waals surface area contributed by atoms with Gasteiger partial charge in [0, 0.05) is 18.2 Å². The number of nitrogens with zero attached hydrogens (tertiary/aromatic N) is 2. The van der Waals surface area contributed by atoms with Gasteiger partial charge >= 0.3 is 5.69 Å². The van der Waals surface area contributed by atoms with Crippen LogP contribution in [0.2, 0.25) is 0 Å². The molecule has 1 unspecified atom stereocenters. The van der Waals surface area contributed by atoms with Gasteiger partial charge in [-0.25, -0.2) is 9.36 Å². The molecule has 3 rings (SSSR count). The van der Waals surface area contributed by atoms with Crippen molar-refractivity contribution in [1.29, 1.82) is 0 Å². The van der Waals surface area contributed by atoms with Crippen molar-refractivity contribution in [2.45, 2.75) is 32.9 Å². The van der Waals surface area contributed by atoms with Crippen LogP contribution < -0.4 is 30.8 Å². The van der Waals surface area contributed by atoms with Gasteiger partial charge in [0.05, 0.1) is 37.9 Å². The fourth-order valence-electron chi connectivity index (χ4n) is 3.46. The lowest BCUT2D eigenvalue weighted by Gasteiger charge is -2.18. The number of carbonyl (C=O) groups excluding carboxylic acids is 1. The Morgan fingerprint density at radius 1 is 1.03 bits per heavy atom. The Morgan fingerprint density at radius 3 is 2.22 bits per heavy atom. The molecule has 0 aliphatic heterocycles. The van der Waals surface area contributed by atoms with Crippen LogP contribution in [0.1, 0.15) is 20.3 Å². The van der Waals surface area contributed by atoms with Crippen LogP contribution in [0.25, 0.3) is 16.6 Å². The highest BCUT2D eigenvalue weighted by atomic mass is 16.5. The summed E-state index contributed by atoms with van der Waals surface area (Å²) < 4.78 is 18.4. The van der Waals surface area contributed by atoms with Gasteiger partial charge in [0.15, 0.2) is 11.5 Å². The smallest absolute Gasteiger partial charge is 0.336 e. The lowest BCUT2D eigenvalue weighted by atomic mass is 10.2. The maximum atomic E-state index is 13.5. The summed E-state index contributed by atoms with van der Waals surface area (Å²) in [6, 6.07) is 9.68. The molecule has 32 heavy (non-hydrogen) atoms. The summed E-state index contributed by atoms with van der Waals surface area (Å²) in [4.78, 5) is 39.4. The predicted octanol–water partition coefficient (Wildman–Crippen LogP) is 2.09. The second kappa shape index (κ2) is 9.59. The van der Waals surface area contributed by atoms with Crippen LogP contribution in [-0.2, 0) is 11.3 Å². The molecule has 0 fully saturated rings. The molecule has 1 amide bonds. The number of para-hydroxylation sites is 1. The topological polar surface area (TPSA) is 101 Å². The number of nitrogens with one attached hydrogen (secondary N) is 1. The fourth-order valence-corrected chi connectivity index (χ4v) is 3.46. The number of ether oxygens (including phenoxy) is 3. The van der Waals surface area contributed by atoms with Gasteiger partial charge in [0.25, 0.3) is 5.56 Å². The Kier molecular flexibility index (Phi) is 6.87. The number of hydrogen-bond donors (Lipinski definition) is 1. The first-order valence-corrected chi connectivity index (χ1v) is 10.2. The van der Waals surface area contributed by atoms with Gasteiger partial charge in [-0.05, 0) is 25.5 Å². The standard InChI is InChI=1S/C23H27N3O6/c1-6-14(2)24-20(27)13-25-17-10-8-7-9-16(17)22(28)26(23(25)29)15-11-18(30-3)21(32-5)19(12-15)31-4/h7-12,14H,6,13H2,1-5H3,(H,24,27). The van der Waals surface area contributed by atoms with Crippen molar-refractivity contribution >= 4 is 16.8 Å². The molecule has 3 aromatic rings. The summed E-state index contributed by atoms with van der Waals surface area (Å²) >= 11 is 0. The van der Waals surface area contributed by atoms with Gasteiger partial charge in [0.2, 0.25) is 11.7 Å². The van der Waals surface area contributed by atoms with E-state index in [9.17, 15) is 14.4 Å². The monoisotopic (exact) mass is 441 g/mol. The highest BCUT2D eigenvalue weighted by molar-refractivity contribution is 5.82. The number of amides is 1. The third-order valence-electron chi connectivity index (χ3n) is 5.28. The zero-order chi connectivity index (χ0) is 23.4. The first-order valence-electron chi connectivity index (χ1n) is 10.2. The van der Waals surface area contributed by atoms with Gasteiger partial charge in [-0.3, -0.25) is 14.2 Å². The van der Waals surface area contributed by atoms with Crippen LogP contribution in [0.3, 0.4) is 0 Å². The molecule has 0 saturated carbocycles. The van der Waals surface area contributed by atoms with Gasteiger partial charge in [-0.1, -0.05) is 19.1 Å². The summed E-state index contributed by atoms with van der Waals surface area (Å²) in [5.74, 6) is 0.604. The Bertz CT molecular complexity index is 1240. The zero-order valence-corrected chi connectivity index (χ0v) is 18.8. The average molecular weight is 441 g/mol. The maximum Gasteiger partial charge on any atom is 0.336 e. The van der Waals surface area contributed by atoms with E-state index in [0.717, 1.165) is 11.0 Å². The first-order chi connectivity index (χ1) is 15.4. The minimum atomic E-state index is -0.651. The van der Waals surface area contributed by atoms with Crippen molar-refractivity contribution in [2.24, 2.45) is 0 Å². The molecule has 1 aromatic heterocycles. The third-order valence-corrected chi connectivity index (χ3v) is 5.28. The molecule has 0 spiro atoms. The number of carbonyl (C=O) groups is 1. The van der Waals surface area contributed by atoms with Gasteiger partial charge in [0.1, 0.15) is 6.54 Å². The number of benzene rings is 2. The minimum absolute atomic E-state index is 0.0366. The lowest BCUT2D eigenvalue weighted by molar-refractivity contribution is -0.122. The van der Waals surface area contributed by atoms with Crippen molar-refractivity contribution in [3.05, 3.63) is 57.2 Å². The van der Waals surface area contributed by atoms with Gasteiger partial charge < -0.3 is 19.5 Å². The van der Waals surface area contributed by atoms with Gasteiger partial charge in [-0.15, -0.1) is 0 Å². The summed E-state index contributed by atoms with van der Waals surface area (Å²) in [7, 11) is 4.36. The van der Waals surface area contributed by atoms with E-state index in [-0.39, 0.29) is 24.2 Å². The highest BCUT2D eigenvalue weighted by Gasteiger charge is 2.20. The zero-order valence-electron chi connectivity index (χ0n) is 18.8. The normalized spacial score (nSPS) is 11.8. The Labute approximate surface area is 185 Å². The van der Waals surface area contributed by atoms with Gasteiger partial charge in [-0.2, -0.15) is 0 Å². The quantitative estimate of drug-likeness (QED) is 0.575. The lowest BCUT2D eigenvalue weighted by Crippen LogP contribution is -2.43. The summed E-state index contributed by atoms with van der Waals surface area (Å²) in [5, 5.41) is 3.16. The number of aromatic nitrogens is 2. The van der Waals surface area contributed by atoms with E-state index in [2.05, 4.69) is 5.32 Å². The molecule has 1 N–H and O–H groups in total. The summed E-state index contributed by atoms with van der Waals surface area (Å²) in [6.45, 7) is 3.61. The molecule has 0 radical (unpaired) electrons. The van der Waals surface area contributed by atoms with E-state index in [1.165, 1.54) is 38.0 Å². The molecule has 170 valence electrons. The van der Waals surface area contributed by atoms with Crippen LogP contribution >= 0.6 is 0 Å². The molecule has 0 aliphatic rings. The number of rotatable bonds is 8. The predicted molar refractivity (Wildman–Crippen MR) is 121 cm³/mol. The highest BCUT2D eigenvalue weighted by Crippen LogP contribution is 2.38. The molecular formula is C23H27N3O6. The third kappa shape index (κ3) is 4.18. The summed E-state index contributed by atoms with van der Waals surface area (Å²) in [5.41, 5.74) is -0.553. The van der Waals surface area contributed by atoms with E-state index in [4.69, 9.17) is 14.2 Å². The minimum Gasteiger partial charge on any atom is -0.493 e. The molecule has 9 nitrogen and oxygen atoms in total. The number of hydrogen-bond acceptors (Lipinski definition) is 6. The Hall–Kier alpha value is -3.75. The molecule has 1 atom stereocenters. The van der Waals surface area contributed by atoms with Crippen LogP contribution in [0.15, 0.2) is 46.0 Å². The van der Waals surface area contributed by atoms with Crippen LogP contribution in [0.4, 0.5) is 0 Å². The molecule has 2 aromatic carbocycles. The van der Waals surface area contributed by atoms with E-state index >= 15 is 0 Å². The second-order valence-electron chi connectivity index (χ2n) is 7.29. The number of methoxy groups -OCH3 is 3.